The van der Waals surface area contributed by atoms with Gasteiger partial charge in [0.25, 0.3) is 0 Å². The Kier molecular flexibility index (Phi) is 7.86. The number of alkyl halides is 3. The molecule has 0 saturated heterocycles. The number of halogens is 6. The van der Waals surface area contributed by atoms with Crippen LogP contribution in [0.5, 0.6) is 0 Å². The normalized spacial score (nSPS) is 14.7. The smallest absolute Gasteiger partial charge is 0.335 e. The minimum atomic E-state index is -4.69. The number of aryl methyl sites for hydroxylation is 1. The zero-order chi connectivity index (χ0) is 27.8. The Hall–Kier alpha value is -3.35. The predicted octanol–water partition coefficient (Wildman–Crippen LogP) is 4.53. The number of imidazole rings is 1. The lowest BCUT2D eigenvalue weighted by molar-refractivity contribution is -0.148. The number of carbonyl (C=O) groups is 1. The molecule has 2 aromatic heterocycles. The fraction of sp³-hybridized carbons (Fsp3) is 0.480. The molecule has 2 N–H and O–H groups in total. The fourth-order valence-electron chi connectivity index (χ4n) is 4.46. The van der Waals surface area contributed by atoms with E-state index in [4.69, 9.17) is 5.73 Å². The molecule has 0 fully saturated rings. The summed E-state index contributed by atoms with van der Waals surface area (Å²) in [4.78, 5) is 18.2. The van der Waals surface area contributed by atoms with Gasteiger partial charge in [-0.05, 0) is 30.4 Å². The SMILES string of the molecule is CC(C)CCn1cc(-c2nc(C(F)(F)F)n3c2CN(C(=O)CC(N)Cc2cc(F)c(F)cc2F)CC3)cn1. The number of carbonyl (C=O) groups excluding carboxylic acids is 1. The second kappa shape index (κ2) is 10.8. The van der Waals surface area contributed by atoms with Gasteiger partial charge in [0.15, 0.2) is 11.6 Å². The summed E-state index contributed by atoms with van der Waals surface area (Å²) in [6.07, 6.45) is -1.24. The molecule has 38 heavy (non-hydrogen) atoms. The first-order valence-electron chi connectivity index (χ1n) is 12.2. The second-order valence-electron chi connectivity index (χ2n) is 9.90. The summed E-state index contributed by atoms with van der Waals surface area (Å²) in [6, 6.07) is 0.189. The van der Waals surface area contributed by atoms with Gasteiger partial charge in [0.05, 0.1) is 24.1 Å². The molecule has 206 valence electrons. The summed E-state index contributed by atoms with van der Waals surface area (Å²) in [6.45, 7) is 4.43. The summed E-state index contributed by atoms with van der Waals surface area (Å²) >= 11 is 0. The summed E-state index contributed by atoms with van der Waals surface area (Å²) in [5.41, 5.74) is 6.55. The summed E-state index contributed by atoms with van der Waals surface area (Å²) in [7, 11) is 0. The molecule has 1 aromatic carbocycles. The number of benzene rings is 1. The van der Waals surface area contributed by atoms with Crippen LogP contribution in [0, 0.1) is 23.4 Å². The lowest BCUT2D eigenvalue weighted by Gasteiger charge is -2.30. The van der Waals surface area contributed by atoms with E-state index in [0.29, 0.717) is 30.2 Å². The van der Waals surface area contributed by atoms with Gasteiger partial charge in [-0.15, -0.1) is 0 Å². The summed E-state index contributed by atoms with van der Waals surface area (Å²) < 4.78 is 84.6. The number of hydrogen-bond acceptors (Lipinski definition) is 4. The average Bonchev–Trinajstić information content (AvgIpc) is 3.45. The molecule has 1 unspecified atom stereocenters. The Morgan fingerprint density at radius 1 is 1.11 bits per heavy atom. The minimum Gasteiger partial charge on any atom is -0.335 e. The van der Waals surface area contributed by atoms with Gasteiger partial charge in [-0.3, -0.25) is 9.48 Å². The van der Waals surface area contributed by atoms with Crippen molar-refractivity contribution in [3.05, 3.63) is 59.1 Å². The molecule has 0 spiro atoms. The Morgan fingerprint density at radius 3 is 2.50 bits per heavy atom. The molecular weight excluding hydrogens is 514 g/mol. The van der Waals surface area contributed by atoms with Crippen LogP contribution in [0.4, 0.5) is 26.3 Å². The van der Waals surface area contributed by atoms with E-state index in [1.54, 1.807) is 10.9 Å². The highest BCUT2D eigenvalue weighted by Gasteiger charge is 2.41. The van der Waals surface area contributed by atoms with Crippen molar-refractivity contribution in [3.63, 3.8) is 0 Å². The Balaban J connectivity index is 1.52. The first-order chi connectivity index (χ1) is 17.8. The maximum absolute atomic E-state index is 14.0. The number of amides is 1. The van der Waals surface area contributed by atoms with Crippen molar-refractivity contribution in [2.24, 2.45) is 11.7 Å². The van der Waals surface area contributed by atoms with Crippen LogP contribution in [0.2, 0.25) is 0 Å². The van der Waals surface area contributed by atoms with Gasteiger partial charge in [-0.25, -0.2) is 18.2 Å². The highest BCUT2D eigenvalue weighted by molar-refractivity contribution is 5.77. The molecule has 1 amide bonds. The Labute approximate surface area is 215 Å². The van der Waals surface area contributed by atoms with Gasteiger partial charge in [0, 0.05) is 49.9 Å². The zero-order valence-corrected chi connectivity index (χ0v) is 20.9. The lowest BCUT2D eigenvalue weighted by atomic mass is 10.0. The third kappa shape index (κ3) is 6.03. The predicted molar refractivity (Wildman–Crippen MR) is 126 cm³/mol. The van der Waals surface area contributed by atoms with Crippen LogP contribution in [0.3, 0.4) is 0 Å². The molecule has 0 radical (unpaired) electrons. The van der Waals surface area contributed by atoms with Crippen molar-refractivity contribution >= 4 is 5.91 Å². The van der Waals surface area contributed by atoms with E-state index < -0.39 is 41.4 Å². The number of fused-ring (bicyclic) bond motifs is 1. The van der Waals surface area contributed by atoms with Crippen LogP contribution in [0.25, 0.3) is 11.3 Å². The van der Waals surface area contributed by atoms with Crippen LogP contribution in [0.1, 0.15) is 43.8 Å². The first-order valence-corrected chi connectivity index (χ1v) is 12.2. The van der Waals surface area contributed by atoms with E-state index in [0.717, 1.165) is 11.0 Å². The van der Waals surface area contributed by atoms with Crippen LogP contribution in [0.15, 0.2) is 24.5 Å². The van der Waals surface area contributed by atoms with Gasteiger partial charge >= 0.3 is 6.18 Å². The molecule has 7 nitrogen and oxygen atoms in total. The molecule has 1 aliphatic heterocycles. The molecule has 1 aliphatic rings. The molecule has 0 saturated carbocycles. The van der Waals surface area contributed by atoms with Crippen molar-refractivity contribution in [2.45, 2.75) is 65.0 Å². The van der Waals surface area contributed by atoms with Gasteiger partial charge in [0.2, 0.25) is 11.7 Å². The van der Waals surface area contributed by atoms with E-state index in [1.165, 1.54) is 11.1 Å². The molecule has 1 atom stereocenters. The topological polar surface area (TPSA) is 82.0 Å². The van der Waals surface area contributed by atoms with Gasteiger partial charge in [-0.2, -0.15) is 18.3 Å². The number of nitrogens with two attached hydrogens (primary N) is 1. The third-order valence-corrected chi connectivity index (χ3v) is 6.46. The molecule has 0 bridgehead atoms. The van der Waals surface area contributed by atoms with E-state index in [2.05, 4.69) is 23.9 Å². The largest absolute Gasteiger partial charge is 0.449 e. The van der Waals surface area contributed by atoms with Crippen LogP contribution in [-0.2, 0) is 37.0 Å². The zero-order valence-electron chi connectivity index (χ0n) is 20.9. The van der Waals surface area contributed by atoms with Gasteiger partial charge < -0.3 is 15.2 Å². The van der Waals surface area contributed by atoms with Crippen LogP contribution in [-0.4, -0.2) is 42.7 Å². The first kappa shape index (κ1) is 27.7. The van der Waals surface area contributed by atoms with E-state index in [1.807, 2.05) is 0 Å². The van der Waals surface area contributed by atoms with Gasteiger partial charge in [0.1, 0.15) is 5.82 Å². The van der Waals surface area contributed by atoms with Crippen molar-refractivity contribution in [1.29, 1.82) is 0 Å². The highest BCUT2D eigenvalue weighted by atomic mass is 19.4. The molecule has 4 rings (SSSR count). The average molecular weight is 543 g/mol. The molecule has 13 heteroatoms. The fourth-order valence-corrected chi connectivity index (χ4v) is 4.46. The third-order valence-electron chi connectivity index (χ3n) is 6.46. The van der Waals surface area contributed by atoms with Crippen molar-refractivity contribution in [3.8, 4) is 11.3 Å². The van der Waals surface area contributed by atoms with Crippen LogP contribution >= 0.6 is 0 Å². The summed E-state index contributed by atoms with van der Waals surface area (Å²) in [5, 5.41) is 4.25. The maximum Gasteiger partial charge on any atom is 0.449 e. The van der Waals surface area contributed by atoms with E-state index in [-0.39, 0.29) is 49.4 Å². The Bertz CT molecular complexity index is 1310. The quantitative estimate of drug-likeness (QED) is 0.335. The summed E-state index contributed by atoms with van der Waals surface area (Å²) in [5.74, 6) is -4.63. The molecule has 3 heterocycles. The Morgan fingerprint density at radius 2 is 1.82 bits per heavy atom. The molecule has 3 aromatic rings. The monoisotopic (exact) mass is 542 g/mol. The number of rotatable bonds is 8. The second-order valence-corrected chi connectivity index (χ2v) is 9.90. The lowest BCUT2D eigenvalue weighted by Crippen LogP contribution is -2.42. The number of aromatic nitrogens is 4. The van der Waals surface area contributed by atoms with Crippen molar-refractivity contribution in [2.75, 3.05) is 6.54 Å². The van der Waals surface area contributed by atoms with Crippen LogP contribution < -0.4 is 5.73 Å². The van der Waals surface area contributed by atoms with E-state index in [9.17, 15) is 31.1 Å². The molecule has 0 aliphatic carbocycles. The van der Waals surface area contributed by atoms with Crippen molar-refractivity contribution < 1.29 is 31.1 Å². The van der Waals surface area contributed by atoms with E-state index >= 15 is 0 Å². The molecular formula is C25H28F6N6O. The number of nitrogens with zero attached hydrogens (tertiary/aromatic N) is 5. The highest BCUT2D eigenvalue weighted by Crippen LogP contribution is 2.36. The number of hydrogen-bond donors (Lipinski definition) is 1. The standard InChI is InChI=1S/C25H28F6N6O/c1-14(2)3-4-36-12-16(11-33-36)23-21-13-35(5-6-37(21)24(34-23)25(29,30)31)22(38)9-17(32)7-15-8-19(27)20(28)10-18(15)26/h8,10-12,14,17H,3-7,9,13,32H2,1-2H3. The van der Waals surface area contributed by atoms with Crippen molar-refractivity contribution in [1.82, 2.24) is 24.2 Å². The van der Waals surface area contributed by atoms with Gasteiger partial charge in [-0.1, -0.05) is 13.8 Å². The minimum absolute atomic E-state index is 0.00930. The maximum atomic E-state index is 14.0.